The maximum absolute atomic E-state index is 11.7. The van der Waals surface area contributed by atoms with Gasteiger partial charge in [0.25, 0.3) is 0 Å². The van der Waals surface area contributed by atoms with Crippen LogP contribution in [0.15, 0.2) is 0 Å². The molecule has 0 radical (unpaired) electrons. The molecule has 2 aliphatic heterocycles. The molecule has 0 bridgehead atoms. The Morgan fingerprint density at radius 1 is 1.32 bits per heavy atom. The number of nitrogens with two attached hydrogens (primary N) is 1. The van der Waals surface area contributed by atoms with Crippen molar-refractivity contribution in [3.8, 4) is 0 Å². The van der Waals surface area contributed by atoms with Gasteiger partial charge in [-0.25, -0.2) is 0 Å². The van der Waals surface area contributed by atoms with Crippen LogP contribution in [0, 0.1) is 5.92 Å². The molecule has 1 amide bonds. The van der Waals surface area contributed by atoms with Crippen LogP contribution in [0.5, 0.6) is 0 Å². The third-order valence-electron chi connectivity index (χ3n) is 3.61. The number of piperazine rings is 1. The Morgan fingerprint density at radius 2 is 1.95 bits per heavy atom. The number of carbonyl (C=O) groups is 1. The summed E-state index contributed by atoms with van der Waals surface area (Å²) in [6, 6.07) is -0.371. The van der Waals surface area contributed by atoms with Crippen molar-refractivity contribution in [1.29, 1.82) is 0 Å². The molecule has 7 heteroatoms. The predicted octanol–water partition coefficient (Wildman–Crippen LogP) is 0.358. The summed E-state index contributed by atoms with van der Waals surface area (Å²) in [5.41, 5.74) is 5.61. The molecule has 2 rings (SSSR count). The number of amides is 1. The number of hydrogen-bond donors (Lipinski definition) is 1. The number of hydrogen-bond acceptors (Lipinski definition) is 4. The first-order chi connectivity index (χ1) is 8.16. The SMILES string of the molecule is C[C@@H](N)C(=O)N1CCN(CC2CCOC2)CC1.Cl.Cl. The molecule has 0 aromatic heterocycles. The van der Waals surface area contributed by atoms with Crippen LogP contribution in [-0.4, -0.2) is 67.7 Å². The lowest BCUT2D eigenvalue weighted by molar-refractivity contribution is -0.134. The Labute approximate surface area is 127 Å². The zero-order valence-electron chi connectivity index (χ0n) is 11.4. The molecule has 2 aliphatic rings. The minimum Gasteiger partial charge on any atom is -0.381 e. The van der Waals surface area contributed by atoms with Crippen molar-refractivity contribution in [3.63, 3.8) is 0 Å². The highest BCUT2D eigenvalue weighted by atomic mass is 35.5. The normalized spacial score (nSPS) is 25.4. The molecule has 2 fully saturated rings. The number of ether oxygens (including phenoxy) is 1. The lowest BCUT2D eigenvalue weighted by Crippen LogP contribution is -2.53. The van der Waals surface area contributed by atoms with Crippen molar-refractivity contribution < 1.29 is 9.53 Å². The minimum atomic E-state index is -0.371. The van der Waals surface area contributed by atoms with Crippen LogP contribution in [0.1, 0.15) is 13.3 Å². The standard InChI is InChI=1S/C12H23N3O2.2ClH/c1-10(13)12(16)15-5-3-14(4-6-15)8-11-2-7-17-9-11;;/h10-11H,2-9,13H2,1H3;2*1H/t10-,11?;;/m1../s1. The largest absolute Gasteiger partial charge is 0.381 e. The molecular formula is C12H25Cl2N3O2. The van der Waals surface area contributed by atoms with E-state index in [0.717, 1.165) is 45.9 Å². The highest BCUT2D eigenvalue weighted by molar-refractivity contribution is 5.85. The van der Waals surface area contributed by atoms with Gasteiger partial charge in [-0.3, -0.25) is 9.69 Å². The minimum absolute atomic E-state index is 0. The maximum atomic E-state index is 11.7. The van der Waals surface area contributed by atoms with E-state index in [4.69, 9.17) is 10.5 Å². The van der Waals surface area contributed by atoms with Gasteiger partial charge in [0.2, 0.25) is 5.91 Å². The highest BCUT2D eigenvalue weighted by Crippen LogP contribution is 2.15. The summed E-state index contributed by atoms with van der Waals surface area (Å²) < 4.78 is 5.38. The number of halogens is 2. The van der Waals surface area contributed by atoms with Crippen LogP contribution in [0.2, 0.25) is 0 Å². The van der Waals surface area contributed by atoms with Gasteiger partial charge < -0.3 is 15.4 Å². The zero-order chi connectivity index (χ0) is 12.3. The van der Waals surface area contributed by atoms with E-state index in [1.165, 1.54) is 6.42 Å². The van der Waals surface area contributed by atoms with Gasteiger partial charge in [0, 0.05) is 39.3 Å². The molecule has 0 saturated carbocycles. The van der Waals surface area contributed by atoms with E-state index in [1.807, 2.05) is 4.90 Å². The second-order valence-corrected chi connectivity index (χ2v) is 5.14. The average molecular weight is 314 g/mol. The molecule has 2 atom stereocenters. The van der Waals surface area contributed by atoms with E-state index in [9.17, 15) is 4.79 Å². The molecule has 0 spiro atoms. The summed E-state index contributed by atoms with van der Waals surface area (Å²) in [6.45, 7) is 8.24. The van der Waals surface area contributed by atoms with Gasteiger partial charge in [-0.2, -0.15) is 0 Å². The van der Waals surface area contributed by atoms with Crippen LogP contribution in [0.3, 0.4) is 0 Å². The third-order valence-corrected chi connectivity index (χ3v) is 3.61. The summed E-state index contributed by atoms with van der Waals surface area (Å²) in [6.07, 6.45) is 1.18. The number of carbonyl (C=O) groups excluding carboxylic acids is 1. The molecule has 2 saturated heterocycles. The first kappa shape index (κ1) is 18.9. The van der Waals surface area contributed by atoms with E-state index in [1.54, 1.807) is 6.92 Å². The Hall–Kier alpha value is -0.0700. The second-order valence-electron chi connectivity index (χ2n) is 5.14. The van der Waals surface area contributed by atoms with E-state index < -0.39 is 0 Å². The summed E-state index contributed by atoms with van der Waals surface area (Å²) in [7, 11) is 0. The lowest BCUT2D eigenvalue weighted by Gasteiger charge is -2.36. The van der Waals surface area contributed by atoms with E-state index in [-0.39, 0.29) is 36.8 Å². The number of nitrogens with zero attached hydrogens (tertiary/aromatic N) is 2. The summed E-state index contributed by atoms with van der Waals surface area (Å²) >= 11 is 0. The van der Waals surface area contributed by atoms with Gasteiger partial charge in [0.1, 0.15) is 0 Å². The lowest BCUT2D eigenvalue weighted by atomic mass is 10.1. The van der Waals surface area contributed by atoms with E-state index in [2.05, 4.69) is 4.90 Å². The monoisotopic (exact) mass is 313 g/mol. The van der Waals surface area contributed by atoms with Gasteiger partial charge in [0.15, 0.2) is 0 Å². The number of rotatable bonds is 3. The molecule has 0 aromatic rings. The zero-order valence-corrected chi connectivity index (χ0v) is 13.0. The summed E-state index contributed by atoms with van der Waals surface area (Å²) in [5.74, 6) is 0.763. The van der Waals surface area contributed by atoms with Crippen molar-refractivity contribution in [2.75, 3.05) is 45.9 Å². The Morgan fingerprint density at radius 3 is 2.42 bits per heavy atom. The predicted molar refractivity (Wildman–Crippen MR) is 80.1 cm³/mol. The quantitative estimate of drug-likeness (QED) is 0.817. The smallest absolute Gasteiger partial charge is 0.239 e. The van der Waals surface area contributed by atoms with Crippen LogP contribution >= 0.6 is 24.8 Å². The van der Waals surface area contributed by atoms with Crippen molar-refractivity contribution in [1.82, 2.24) is 9.80 Å². The Balaban J connectivity index is 0.00000162. The molecular weight excluding hydrogens is 289 g/mol. The van der Waals surface area contributed by atoms with Gasteiger partial charge in [-0.05, 0) is 19.3 Å². The van der Waals surface area contributed by atoms with Gasteiger partial charge >= 0.3 is 0 Å². The van der Waals surface area contributed by atoms with Crippen molar-refractivity contribution in [2.45, 2.75) is 19.4 Å². The Kier molecular flexibility index (Phi) is 8.94. The molecule has 2 heterocycles. The van der Waals surface area contributed by atoms with Crippen molar-refractivity contribution in [2.24, 2.45) is 11.7 Å². The maximum Gasteiger partial charge on any atom is 0.239 e. The molecule has 0 aliphatic carbocycles. The van der Waals surface area contributed by atoms with E-state index in [0.29, 0.717) is 5.92 Å². The topological polar surface area (TPSA) is 58.8 Å². The van der Waals surface area contributed by atoms with E-state index >= 15 is 0 Å². The Bertz CT molecular complexity index is 266. The van der Waals surface area contributed by atoms with Crippen LogP contribution in [0.25, 0.3) is 0 Å². The molecule has 19 heavy (non-hydrogen) atoms. The fourth-order valence-electron chi connectivity index (χ4n) is 2.53. The molecule has 2 N–H and O–H groups in total. The third kappa shape index (κ3) is 5.44. The van der Waals surface area contributed by atoms with Crippen molar-refractivity contribution in [3.05, 3.63) is 0 Å². The summed E-state index contributed by atoms with van der Waals surface area (Å²) in [5, 5.41) is 0. The van der Waals surface area contributed by atoms with Crippen molar-refractivity contribution >= 4 is 30.7 Å². The summed E-state index contributed by atoms with van der Waals surface area (Å²) in [4.78, 5) is 16.0. The van der Waals surface area contributed by atoms with Gasteiger partial charge in [0.05, 0.1) is 12.6 Å². The fraction of sp³-hybridized carbons (Fsp3) is 0.917. The molecule has 114 valence electrons. The van der Waals surface area contributed by atoms with Crippen LogP contribution < -0.4 is 5.73 Å². The van der Waals surface area contributed by atoms with Gasteiger partial charge in [-0.1, -0.05) is 0 Å². The van der Waals surface area contributed by atoms with Gasteiger partial charge in [-0.15, -0.1) is 24.8 Å². The highest BCUT2D eigenvalue weighted by Gasteiger charge is 2.25. The van der Waals surface area contributed by atoms with Crippen LogP contribution in [-0.2, 0) is 9.53 Å². The molecule has 5 nitrogen and oxygen atoms in total. The van der Waals surface area contributed by atoms with Crippen LogP contribution in [0.4, 0.5) is 0 Å². The second kappa shape index (κ2) is 8.97. The fourth-order valence-corrected chi connectivity index (χ4v) is 2.53. The molecule has 0 aromatic carbocycles. The molecule has 1 unspecified atom stereocenters. The average Bonchev–Trinajstić information content (AvgIpc) is 2.82. The first-order valence-corrected chi connectivity index (χ1v) is 6.51. The first-order valence-electron chi connectivity index (χ1n) is 6.51.